The maximum absolute atomic E-state index is 3.62. The third-order valence-electron chi connectivity index (χ3n) is 3.68. The Hall–Kier alpha value is -0.520. The number of rotatable bonds is 6. The van der Waals surface area contributed by atoms with Gasteiger partial charge in [-0.2, -0.15) is 0 Å². The molecular weight excluding hydrogens is 208 g/mol. The van der Waals surface area contributed by atoms with Gasteiger partial charge in [0.15, 0.2) is 0 Å². The van der Waals surface area contributed by atoms with Crippen molar-refractivity contribution in [3.8, 4) is 11.8 Å². The molecule has 1 rings (SSSR count). The molecule has 1 aliphatic rings. The quantitative estimate of drug-likeness (QED) is 0.563. The van der Waals surface area contributed by atoms with Gasteiger partial charge in [0.2, 0.25) is 0 Å². The largest absolute Gasteiger partial charge is 0.313 e. The second kappa shape index (κ2) is 8.55. The summed E-state index contributed by atoms with van der Waals surface area (Å²) in [5.74, 6) is 6.88. The van der Waals surface area contributed by atoms with Gasteiger partial charge in [-0.05, 0) is 52.1 Å². The Bertz CT molecular complexity index is 249. The predicted molar refractivity (Wildman–Crippen MR) is 75.0 cm³/mol. The molecule has 2 atom stereocenters. The molecule has 0 saturated carbocycles. The molecule has 0 aliphatic carbocycles. The zero-order valence-electron chi connectivity index (χ0n) is 11.8. The fraction of sp³-hybridized carbons (Fsp3) is 0.867. The Morgan fingerprint density at radius 1 is 1.47 bits per heavy atom. The highest BCUT2D eigenvalue weighted by molar-refractivity contribution is 4.95. The third-order valence-corrected chi connectivity index (χ3v) is 3.68. The van der Waals surface area contributed by atoms with Crippen molar-refractivity contribution in [3.05, 3.63) is 0 Å². The first-order valence-corrected chi connectivity index (χ1v) is 7.13. The minimum absolute atomic E-state index is 0.633. The van der Waals surface area contributed by atoms with Gasteiger partial charge in [-0.25, -0.2) is 0 Å². The number of nitrogens with one attached hydrogen (secondary N) is 1. The molecule has 2 unspecified atom stereocenters. The molecule has 0 radical (unpaired) electrons. The highest BCUT2D eigenvalue weighted by Gasteiger charge is 2.23. The zero-order chi connectivity index (χ0) is 12.5. The third kappa shape index (κ3) is 5.57. The molecule has 0 aromatic carbocycles. The summed E-state index contributed by atoms with van der Waals surface area (Å²) in [7, 11) is 0. The van der Waals surface area contributed by atoms with Gasteiger partial charge in [0, 0.05) is 25.6 Å². The predicted octanol–water partition coefficient (Wildman–Crippen LogP) is 2.50. The van der Waals surface area contributed by atoms with Crippen molar-refractivity contribution in [1.29, 1.82) is 0 Å². The van der Waals surface area contributed by atoms with Crippen LogP contribution in [0.2, 0.25) is 0 Å². The maximum Gasteiger partial charge on any atom is 0.0214 e. The molecule has 17 heavy (non-hydrogen) atoms. The fourth-order valence-electron chi connectivity index (χ4n) is 2.67. The molecule has 0 aromatic rings. The van der Waals surface area contributed by atoms with Gasteiger partial charge in [-0.3, -0.25) is 0 Å². The van der Waals surface area contributed by atoms with Gasteiger partial charge < -0.3 is 10.2 Å². The average molecular weight is 236 g/mol. The number of likely N-dealkylation sites (tertiary alicyclic amines) is 1. The Morgan fingerprint density at radius 3 is 3.00 bits per heavy atom. The van der Waals surface area contributed by atoms with E-state index in [0.29, 0.717) is 6.04 Å². The van der Waals surface area contributed by atoms with Crippen LogP contribution in [0.15, 0.2) is 0 Å². The van der Waals surface area contributed by atoms with E-state index >= 15 is 0 Å². The lowest BCUT2D eigenvalue weighted by molar-refractivity contribution is 0.151. The first-order valence-electron chi connectivity index (χ1n) is 7.13. The van der Waals surface area contributed by atoms with Crippen LogP contribution in [0.4, 0.5) is 0 Å². The molecule has 1 N–H and O–H groups in total. The Balaban J connectivity index is 2.24. The molecule has 98 valence electrons. The maximum atomic E-state index is 3.62. The van der Waals surface area contributed by atoms with Crippen LogP contribution in [0.1, 0.15) is 46.5 Å². The molecule has 1 aliphatic heterocycles. The Kier molecular flexibility index (Phi) is 7.32. The number of nitrogens with zero attached hydrogens (tertiary/aromatic N) is 1. The molecule has 0 aromatic heterocycles. The summed E-state index contributed by atoms with van der Waals surface area (Å²) >= 11 is 0. The second-order valence-electron chi connectivity index (χ2n) is 5.12. The lowest BCUT2D eigenvalue weighted by Gasteiger charge is -2.36. The van der Waals surface area contributed by atoms with Crippen molar-refractivity contribution in [2.24, 2.45) is 5.92 Å². The Labute approximate surface area is 107 Å². The molecule has 0 spiro atoms. The monoisotopic (exact) mass is 236 g/mol. The zero-order valence-corrected chi connectivity index (χ0v) is 11.8. The van der Waals surface area contributed by atoms with Crippen molar-refractivity contribution >= 4 is 0 Å². The summed E-state index contributed by atoms with van der Waals surface area (Å²) < 4.78 is 0. The van der Waals surface area contributed by atoms with Crippen molar-refractivity contribution in [3.63, 3.8) is 0 Å². The van der Waals surface area contributed by atoms with Crippen molar-refractivity contribution in [1.82, 2.24) is 10.2 Å². The van der Waals surface area contributed by atoms with Crippen LogP contribution in [0, 0.1) is 17.8 Å². The van der Waals surface area contributed by atoms with E-state index in [1.54, 1.807) is 0 Å². The van der Waals surface area contributed by atoms with E-state index in [0.717, 1.165) is 18.9 Å². The van der Waals surface area contributed by atoms with Crippen LogP contribution >= 0.6 is 0 Å². The smallest absolute Gasteiger partial charge is 0.0214 e. The van der Waals surface area contributed by atoms with E-state index in [2.05, 4.69) is 35.9 Å². The summed E-state index contributed by atoms with van der Waals surface area (Å²) in [4.78, 5) is 2.62. The number of hydrogen-bond donors (Lipinski definition) is 1. The summed E-state index contributed by atoms with van der Waals surface area (Å²) in [6.45, 7) is 11.4. The van der Waals surface area contributed by atoms with Crippen molar-refractivity contribution < 1.29 is 0 Å². The minimum atomic E-state index is 0.633. The van der Waals surface area contributed by atoms with E-state index in [1.165, 1.54) is 38.9 Å². The molecule has 1 heterocycles. The second-order valence-corrected chi connectivity index (χ2v) is 5.12. The summed E-state index contributed by atoms with van der Waals surface area (Å²) in [6.07, 6.45) is 5.01. The van der Waals surface area contributed by atoms with Gasteiger partial charge in [0.25, 0.3) is 0 Å². The number of piperidine rings is 1. The molecule has 0 amide bonds. The molecule has 1 saturated heterocycles. The molecule has 2 nitrogen and oxygen atoms in total. The highest BCUT2D eigenvalue weighted by Crippen LogP contribution is 2.19. The normalized spacial score (nSPS) is 22.9. The van der Waals surface area contributed by atoms with Crippen LogP contribution in [-0.2, 0) is 0 Å². The van der Waals surface area contributed by atoms with Gasteiger partial charge in [-0.15, -0.1) is 11.8 Å². The van der Waals surface area contributed by atoms with E-state index in [1.807, 2.05) is 6.92 Å². The molecule has 0 bridgehead atoms. The number of hydrogen-bond acceptors (Lipinski definition) is 2. The summed E-state index contributed by atoms with van der Waals surface area (Å²) in [5.41, 5.74) is 0. The van der Waals surface area contributed by atoms with E-state index in [4.69, 9.17) is 0 Å². The SMILES string of the molecule is CC#CCCNC(C)C1CCCN(CCC)C1. The van der Waals surface area contributed by atoms with E-state index in [-0.39, 0.29) is 0 Å². The molecule has 1 fully saturated rings. The standard InChI is InChI=1S/C15H28N2/c1-4-6-7-10-16-14(3)15-9-8-12-17(13-15)11-5-2/h14-16H,5,7-13H2,1-3H3. The first kappa shape index (κ1) is 14.5. The van der Waals surface area contributed by atoms with Crippen LogP contribution in [0.5, 0.6) is 0 Å². The Morgan fingerprint density at radius 2 is 2.29 bits per heavy atom. The van der Waals surface area contributed by atoms with Crippen LogP contribution < -0.4 is 5.32 Å². The van der Waals surface area contributed by atoms with Gasteiger partial charge in [0.1, 0.15) is 0 Å². The fourth-order valence-corrected chi connectivity index (χ4v) is 2.67. The van der Waals surface area contributed by atoms with Crippen molar-refractivity contribution in [2.75, 3.05) is 26.2 Å². The van der Waals surface area contributed by atoms with Crippen LogP contribution in [0.25, 0.3) is 0 Å². The summed E-state index contributed by atoms with van der Waals surface area (Å²) in [5, 5.41) is 3.62. The molecular formula is C15H28N2. The van der Waals surface area contributed by atoms with Gasteiger partial charge in [-0.1, -0.05) is 6.92 Å². The van der Waals surface area contributed by atoms with E-state index in [9.17, 15) is 0 Å². The molecule has 2 heteroatoms. The highest BCUT2D eigenvalue weighted by atomic mass is 15.1. The topological polar surface area (TPSA) is 15.3 Å². The van der Waals surface area contributed by atoms with Gasteiger partial charge in [0.05, 0.1) is 0 Å². The minimum Gasteiger partial charge on any atom is -0.313 e. The van der Waals surface area contributed by atoms with Crippen LogP contribution in [-0.4, -0.2) is 37.1 Å². The van der Waals surface area contributed by atoms with Gasteiger partial charge >= 0.3 is 0 Å². The summed E-state index contributed by atoms with van der Waals surface area (Å²) in [6, 6.07) is 0.633. The average Bonchev–Trinajstić information content (AvgIpc) is 2.35. The van der Waals surface area contributed by atoms with E-state index < -0.39 is 0 Å². The lowest BCUT2D eigenvalue weighted by atomic mass is 9.91. The van der Waals surface area contributed by atoms with Crippen molar-refractivity contribution in [2.45, 2.75) is 52.5 Å². The first-order chi connectivity index (χ1) is 8.27. The lowest BCUT2D eigenvalue weighted by Crippen LogP contribution is -2.44. The van der Waals surface area contributed by atoms with Crippen LogP contribution in [0.3, 0.4) is 0 Å².